The summed E-state index contributed by atoms with van der Waals surface area (Å²) >= 11 is 0. The molecule has 3 heteroatoms. The van der Waals surface area contributed by atoms with Gasteiger partial charge in [0.1, 0.15) is 5.69 Å². The molecule has 0 saturated heterocycles. The highest BCUT2D eigenvalue weighted by Gasteiger charge is 1.96. The average molecular weight is 240 g/mol. The average Bonchev–Trinajstić information content (AvgIpc) is 2.42. The lowest BCUT2D eigenvalue weighted by atomic mass is 10.1. The van der Waals surface area contributed by atoms with Gasteiger partial charge in [-0.25, -0.2) is 0 Å². The molecule has 0 aliphatic heterocycles. The van der Waals surface area contributed by atoms with Crippen molar-refractivity contribution in [2.45, 2.75) is 19.8 Å². The molecule has 0 radical (unpaired) electrons. The van der Waals surface area contributed by atoms with E-state index in [1.807, 2.05) is 12.1 Å². The summed E-state index contributed by atoms with van der Waals surface area (Å²) in [7, 11) is 0. The van der Waals surface area contributed by atoms with Crippen molar-refractivity contribution in [3.8, 4) is 0 Å². The fraction of sp³-hybridized carbons (Fsp3) is 0.200. The van der Waals surface area contributed by atoms with Crippen LogP contribution in [0.3, 0.4) is 0 Å². The largest absolute Gasteiger partial charge is 0.356 e. The lowest BCUT2D eigenvalue weighted by molar-refractivity contribution is 0.922. The molecule has 0 bridgehead atoms. The third-order valence-electron chi connectivity index (χ3n) is 2.75. The Kier molecular flexibility index (Phi) is 4.07. The summed E-state index contributed by atoms with van der Waals surface area (Å²) in [5.74, 6) is 0. The molecule has 0 amide bonds. The Morgan fingerprint density at radius 1 is 0.944 bits per heavy atom. The molecule has 92 valence electrons. The molecule has 18 heavy (non-hydrogen) atoms. The molecule has 0 unspecified atom stereocenters. The van der Waals surface area contributed by atoms with E-state index in [9.17, 15) is 4.91 Å². The number of hydrogen-bond donors (Lipinski definition) is 1. The molecule has 2 aromatic carbocycles. The Morgan fingerprint density at radius 3 is 2.00 bits per heavy atom. The molecular formula is C15H16N2O. The smallest absolute Gasteiger partial charge is 0.108 e. The molecule has 3 nitrogen and oxygen atoms in total. The van der Waals surface area contributed by atoms with E-state index >= 15 is 0 Å². The highest BCUT2D eigenvalue weighted by Crippen LogP contribution is 2.20. The molecule has 0 heterocycles. The van der Waals surface area contributed by atoms with Crippen LogP contribution in [0, 0.1) is 4.91 Å². The van der Waals surface area contributed by atoms with Crippen molar-refractivity contribution in [3.05, 3.63) is 59.0 Å². The van der Waals surface area contributed by atoms with Crippen LogP contribution < -0.4 is 5.32 Å². The van der Waals surface area contributed by atoms with Gasteiger partial charge >= 0.3 is 0 Å². The van der Waals surface area contributed by atoms with Crippen LogP contribution in [0.2, 0.25) is 0 Å². The van der Waals surface area contributed by atoms with Crippen LogP contribution in [0.4, 0.5) is 17.1 Å². The third-order valence-corrected chi connectivity index (χ3v) is 2.75. The van der Waals surface area contributed by atoms with E-state index in [2.05, 4.69) is 41.7 Å². The molecule has 0 saturated carbocycles. The Balaban J connectivity index is 2.05. The molecule has 1 N–H and O–H groups in total. The summed E-state index contributed by atoms with van der Waals surface area (Å²) in [4.78, 5) is 10.3. The van der Waals surface area contributed by atoms with Gasteiger partial charge in [-0.3, -0.25) is 0 Å². The van der Waals surface area contributed by atoms with Crippen LogP contribution in [0.1, 0.15) is 18.9 Å². The first-order chi connectivity index (χ1) is 8.81. The minimum Gasteiger partial charge on any atom is -0.356 e. The van der Waals surface area contributed by atoms with Crippen molar-refractivity contribution in [2.24, 2.45) is 5.18 Å². The van der Waals surface area contributed by atoms with Gasteiger partial charge in [-0.1, -0.05) is 25.5 Å². The fourth-order valence-corrected chi connectivity index (χ4v) is 1.82. The van der Waals surface area contributed by atoms with Gasteiger partial charge in [0.05, 0.1) is 0 Å². The van der Waals surface area contributed by atoms with Gasteiger partial charge in [0.2, 0.25) is 0 Å². The zero-order chi connectivity index (χ0) is 12.8. The van der Waals surface area contributed by atoms with Gasteiger partial charge in [0.25, 0.3) is 0 Å². The van der Waals surface area contributed by atoms with Crippen LogP contribution in [-0.4, -0.2) is 0 Å². The zero-order valence-corrected chi connectivity index (χ0v) is 10.4. The summed E-state index contributed by atoms with van der Waals surface area (Å²) < 4.78 is 0. The molecule has 2 rings (SSSR count). The zero-order valence-electron chi connectivity index (χ0n) is 10.4. The first-order valence-corrected chi connectivity index (χ1v) is 6.11. The summed E-state index contributed by atoms with van der Waals surface area (Å²) in [6.07, 6.45) is 2.27. The molecule has 0 aliphatic rings. The van der Waals surface area contributed by atoms with E-state index in [1.54, 1.807) is 12.1 Å². The van der Waals surface area contributed by atoms with E-state index in [0.717, 1.165) is 24.2 Å². The number of hydrogen-bond acceptors (Lipinski definition) is 3. The van der Waals surface area contributed by atoms with Crippen LogP contribution in [0.15, 0.2) is 53.7 Å². The first-order valence-electron chi connectivity index (χ1n) is 6.11. The van der Waals surface area contributed by atoms with E-state index in [1.165, 1.54) is 5.56 Å². The van der Waals surface area contributed by atoms with Crippen LogP contribution in [-0.2, 0) is 6.42 Å². The number of anilines is 2. The highest BCUT2D eigenvalue weighted by atomic mass is 16.3. The normalized spacial score (nSPS) is 10.1. The third kappa shape index (κ3) is 3.17. The summed E-state index contributed by atoms with van der Waals surface area (Å²) in [6, 6.07) is 15.5. The second-order valence-electron chi connectivity index (χ2n) is 4.21. The van der Waals surface area contributed by atoms with Crippen LogP contribution in [0.5, 0.6) is 0 Å². The monoisotopic (exact) mass is 240 g/mol. The highest BCUT2D eigenvalue weighted by molar-refractivity contribution is 5.61. The second-order valence-corrected chi connectivity index (χ2v) is 4.21. The Labute approximate surface area is 107 Å². The maximum atomic E-state index is 10.3. The van der Waals surface area contributed by atoms with Crippen LogP contribution in [0.25, 0.3) is 0 Å². The number of aryl methyl sites for hydroxylation is 1. The minimum atomic E-state index is 0.443. The number of rotatable bonds is 5. The Morgan fingerprint density at radius 2 is 1.50 bits per heavy atom. The quantitative estimate of drug-likeness (QED) is 0.764. The van der Waals surface area contributed by atoms with Gasteiger partial charge in [-0.15, -0.1) is 4.91 Å². The predicted molar refractivity (Wildman–Crippen MR) is 75.6 cm³/mol. The molecule has 0 aromatic heterocycles. The second kappa shape index (κ2) is 5.96. The van der Waals surface area contributed by atoms with Crippen molar-refractivity contribution in [1.29, 1.82) is 0 Å². The maximum Gasteiger partial charge on any atom is 0.108 e. The van der Waals surface area contributed by atoms with Gasteiger partial charge < -0.3 is 5.32 Å². The number of benzene rings is 2. The molecular weight excluding hydrogens is 224 g/mol. The van der Waals surface area contributed by atoms with Crippen molar-refractivity contribution in [3.63, 3.8) is 0 Å². The topological polar surface area (TPSA) is 41.5 Å². The SMILES string of the molecule is CCCc1ccc(Nc2ccc(N=O)cc2)cc1. The van der Waals surface area contributed by atoms with E-state index in [-0.39, 0.29) is 0 Å². The number of nitrogens with one attached hydrogen (secondary N) is 1. The van der Waals surface area contributed by atoms with Crippen molar-refractivity contribution in [1.82, 2.24) is 0 Å². The van der Waals surface area contributed by atoms with Gasteiger partial charge in [0, 0.05) is 11.4 Å². The standard InChI is InChI=1S/C15H16N2O/c1-2-3-12-4-6-13(7-5-12)16-14-8-10-15(17-18)11-9-14/h4-11,16H,2-3H2,1H3. The van der Waals surface area contributed by atoms with Gasteiger partial charge in [-0.2, -0.15) is 0 Å². The van der Waals surface area contributed by atoms with Crippen molar-refractivity contribution < 1.29 is 0 Å². The molecule has 0 atom stereocenters. The van der Waals surface area contributed by atoms with Crippen molar-refractivity contribution in [2.75, 3.05) is 5.32 Å². The van der Waals surface area contributed by atoms with Gasteiger partial charge in [0.15, 0.2) is 0 Å². The van der Waals surface area contributed by atoms with E-state index in [4.69, 9.17) is 0 Å². The number of nitroso groups, excluding NO2 is 1. The molecule has 0 fully saturated rings. The fourth-order valence-electron chi connectivity index (χ4n) is 1.82. The Hall–Kier alpha value is -2.16. The maximum absolute atomic E-state index is 10.3. The molecule has 0 aliphatic carbocycles. The van der Waals surface area contributed by atoms with E-state index in [0.29, 0.717) is 5.69 Å². The molecule has 2 aromatic rings. The lowest BCUT2D eigenvalue weighted by Gasteiger charge is -2.07. The van der Waals surface area contributed by atoms with Crippen molar-refractivity contribution >= 4 is 17.1 Å². The lowest BCUT2D eigenvalue weighted by Crippen LogP contribution is -1.90. The Bertz CT molecular complexity index is 503. The molecule has 0 spiro atoms. The predicted octanol–water partition coefficient (Wildman–Crippen LogP) is 4.78. The summed E-state index contributed by atoms with van der Waals surface area (Å²) in [6.45, 7) is 2.18. The van der Waals surface area contributed by atoms with Gasteiger partial charge in [-0.05, 0) is 53.6 Å². The summed E-state index contributed by atoms with van der Waals surface area (Å²) in [5, 5.41) is 6.15. The van der Waals surface area contributed by atoms with E-state index < -0.39 is 0 Å². The minimum absolute atomic E-state index is 0.443. The summed E-state index contributed by atoms with van der Waals surface area (Å²) in [5.41, 5.74) is 3.79. The number of nitrogens with zero attached hydrogens (tertiary/aromatic N) is 1. The first kappa shape index (κ1) is 12.3. The van der Waals surface area contributed by atoms with Crippen LogP contribution >= 0.6 is 0 Å².